The predicted molar refractivity (Wildman–Crippen MR) is 86.3 cm³/mol. The Morgan fingerprint density at radius 3 is 2.70 bits per heavy atom. The second-order valence-electron chi connectivity index (χ2n) is 7.12. The molecule has 0 unspecified atom stereocenters. The molecule has 2 aliphatic rings. The first-order chi connectivity index (χ1) is 11.0. The summed E-state index contributed by atoms with van der Waals surface area (Å²) in [7, 11) is 0. The molecule has 23 heavy (non-hydrogen) atoms. The molecule has 5 heteroatoms. The zero-order valence-corrected chi connectivity index (χ0v) is 13.3. The van der Waals surface area contributed by atoms with Crippen LogP contribution in [0.3, 0.4) is 0 Å². The molecule has 0 saturated heterocycles. The topological polar surface area (TPSA) is 75.4 Å². The highest BCUT2D eigenvalue weighted by Crippen LogP contribution is 2.41. The Morgan fingerprint density at radius 1 is 1.35 bits per heavy atom. The number of rotatable bonds is 4. The molecule has 1 aromatic rings. The van der Waals surface area contributed by atoms with Gasteiger partial charge in [0.15, 0.2) is 0 Å². The summed E-state index contributed by atoms with van der Waals surface area (Å²) in [5.74, 6) is -0.490. The van der Waals surface area contributed by atoms with E-state index in [0.717, 1.165) is 31.2 Å². The summed E-state index contributed by atoms with van der Waals surface area (Å²) in [5.41, 5.74) is 6.59. The molecule has 4 nitrogen and oxygen atoms in total. The first-order valence-electron chi connectivity index (χ1n) is 8.48. The van der Waals surface area contributed by atoms with Crippen molar-refractivity contribution in [1.29, 1.82) is 0 Å². The molecule has 1 amide bonds. The first-order valence-corrected chi connectivity index (χ1v) is 8.48. The van der Waals surface area contributed by atoms with Crippen LogP contribution in [0, 0.1) is 11.7 Å². The van der Waals surface area contributed by atoms with Crippen molar-refractivity contribution in [3.8, 4) is 0 Å². The number of carbonyl (C=O) groups is 1. The van der Waals surface area contributed by atoms with Crippen LogP contribution in [0.25, 0.3) is 0 Å². The smallest absolute Gasteiger partial charge is 0.223 e. The number of benzene rings is 1. The largest absolute Gasteiger partial charge is 0.391 e. The maximum atomic E-state index is 13.6. The van der Waals surface area contributed by atoms with Crippen molar-refractivity contribution >= 4 is 5.91 Å². The van der Waals surface area contributed by atoms with Crippen LogP contribution in [0.2, 0.25) is 0 Å². The Kier molecular flexibility index (Phi) is 4.69. The molecule has 0 aromatic heterocycles. The van der Waals surface area contributed by atoms with Gasteiger partial charge >= 0.3 is 0 Å². The third-order valence-electron chi connectivity index (χ3n) is 5.55. The molecule has 0 heterocycles. The van der Waals surface area contributed by atoms with Crippen LogP contribution in [-0.2, 0) is 10.2 Å². The van der Waals surface area contributed by atoms with Gasteiger partial charge in [-0.05, 0) is 43.4 Å². The normalized spacial score (nSPS) is 29.6. The highest BCUT2D eigenvalue weighted by molar-refractivity contribution is 5.79. The maximum Gasteiger partial charge on any atom is 0.223 e. The molecular formula is C18H25FN2O2. The predicted octanol–water partition coefficient (Wildman–Crippen LogP) is 1.85. The SMILES string of the molecule is N[C@@H]1C[C@H](C(=O)NCC2(c3cccc(F)c3)CCCC2)C[C@H]1O. The number of halogens is 1. The van der Waals surface area contributed by atoms with Crippen LogP contribution in [0.15, 0.2) is 24.3 Å². The van der Waals surface area contributed by atoms with Crippen LogP contribution in [0.1, 0.15) is 44.1 Å². The van der Waals surface area contributed by atoms with E-state index in [2.05, 4.69) is 5.32 Å². The van der Waals surface area contributed by atoms with Crippen LogP contribution in [0.4, 0.5) is 4.39 Å². The number of nitrogens with one attached hydrogen (secondary N) is 1. The van der Waals surface area contributed by atoms with Crippen molar-refractivity contribution in [1.82, 2.24) is 5.32 Å². The number of nitrogens with two attached hydrogens (primary N) is 1. The lowest BCUT2D eigenvalue weighted by Crippen LogP contribution is -2.41. The minimum atomic E-state index is -0.589. The molecule has 2 saturated carbocycles. The molecule has 0 spiro atoms. The maximum absolute atomic E-state index is 13.6. The van der Waals surface area contributed by atoms with Crippen molar-refractivity contribution in [3.05, 3.63) is 35.6 Å². The Bertz CT molecular complexity index is 562. The molecule has 0 radical (unpaired) electrons. The van der Waals surface area contributed by atoms with E-state index in [-0.39, 0.29) is 29.1 Å². The molecule has 2 aliphatic carbocycles. The molecule has 0 bridgehead atoms. The van der Waals surface area contributed by atoms with Gasteiger partial charge in [0.25, 0.3) is 0 Å². The molecule has 3 atom stereocenters. The third-order valence-corrected chi connectivity index (χ3v) is 5.55. The minimum Gasteiger partial charge on any atom is -0.391 e. The molecule has 126 valence electrons. The van der Waals surface area contributed by atoms with E-state index in [1.807, 2.05) is 6.07 Å². The molecular weight excluding hydrogens is 295 g/mol. The van der Waals surface area contributed by atoms with Crippen LogP contribution in [0.5, 0.6) is 0 Å². The van der Waals surface area contributed by atoms with Gasteiger partial charge < -0.3 is 16.2 Å². The number of aliphatic hydroxyl groups excluding tert-OH is 1. The number of amides is 1. The van der Waals surface area contributed by atoms with Crippen molar-refractivity contribution in [2.75, 3.05) is 6.54 Å². The van der Waals surface area contributed by atoms with E-state index in [1.54, 1.807) is 12.1 Å². The Hall–Kier alpha value is -1.46. The quantitative estimate of drug-likeness (QED) is 0.792. The monoisotopic (exact) mass is 320 g/mol. The van der Waals surface area contributed by atoms with Crippen molar-refractivity contribution in [3.63, 3.8) is 0 Å². The van der Waals surface area contributed by atoms with Gasteiger partial charge in [-0.1, -0.05) is 25.0 Å². The number of aliphatic hydroxyl groups is 1. The van der Waals surface area contributed by atoms with E-state index in [4.69, 9.17) is 5.73 Å². The number of hydrogen-bond acceptors (Lipinski definition) is 3. The van der Waals surface area contributed by atoms with Gasteiger partial charge in [0.1, 0.15) is 5.82 Å². The van der Waals surface area contributed by atoms with E-state index < -0.39 is 6.10 Å². The number of carbonyl (C=O) groups excluding carboxylic acids is 1. The van der Waals surface area contributed by atoms with E-state index in [9.17, 15) is 14.3 Å². The van der Waals surface area contributed by atoms with Crippen molar-refractivity contribution < 1.29 is 14.3 Å². The summed E-state index contributed by atoms with van der Waals surface area (Å²) in [4.78, 5) is 12.4. The van der Waals surface area contributed by atoms with Crippen molar-refractivity contribution in [2.24, 2.45) is 11.7 Å². The third kappa shape index (κ3) is 3.40. The summed E-state index contributed by atoms with van der Waals surface area (Å²) in [5, 5.41) is 12.7. The fourth-order valence-electron chi connectivity index (χ4n) is 4.10. The highest BCUT2D eigenvalue weighted by atomic mass is 19.1. The first kappa shape index (κ1) is 16.4. The van der Waals surface area contributed by atoms with Crippen molar-refractivity contribution in [2.45, 2.75) is 56.1 Å². The van der Waals surface area contributed by atoms with Crippen LogP contribution < -0.4 is 11.1 Å². The molecule has 2 fully saturated rings. The molecule has 3 rings (SSSR count). The molecule has 0 aliphatic heterocycles. The average Bonchev–Trinajstić information content (AvgIpc) is 3.13. The van der Waals surface area contributed by atoms with Gasteiger partial charge in [0.05, 0.1) is 6.10 Å². The zero-order valence-electron chi connectivity index (χ0n) is 13.3. The average molecular weight is 320 g/mol. The van der Waals surface area contributed by atoms with E-state index >= 15 is 0 Å². The summed E-state index contributed by atoms with van der Waals surface area (Å²) in [6, 6.07) is 6.42. The molecule has 4 N–H and O–H groups in total. The fourth-order valence-corrected chi connectivity index (χ4v) is 4.10. The van der Waals surface area contributed by atoms with Gasteiger partial charge in [0, 0.05) is 23.9 Å². The Balaban J connectivity index is 1.68. The second-order valence-corrected chi connectivity index (χ2v) is 7.12. The zero-order chi connectivity index (χ0) is 16.4. The second kappa shape index (κ2) is 6.57. The molecule has 1 aromatic carbocycles. The van der Waals surface area contributed by atoms with E-state index in [1.165, 1.54) is 6.07 Å². The van der Waals surface area contributed by atoms with Crippen LogP contribution in [-0.4, -0.2) is 29.7 Å². The van der Waals surface area contributed by atoms with Gasteiger partial charge in [-0.3, -0.25) is 4.79 Å². The van der Waals surface area contributed by atoms with E-state index in [0.29, 0.717) is 19.4 Å². The number of hydrogen-bond donors (Lipinski definition) is 3. The van der Waals surface area contributed by atoms with Crippen LogP contribution >= 0.6 is 0 Å². The lowest BCUT2D eigenvalue weighted by atomic mass is 9.78. The summed E-state index contributed by atoms with van der Waals surface area (Å²) in [6.45, 7) is 0.525. The lowest BCUT2D eigenvalue weighted by molar-refractivity contribution is -0.125. The van der Waals surface area contributed by atoms with Gasteiger partial charge in [0.2, 0.25) is 5.91 Å². The summed E-state index contributed by atoms with van der Waals surface area (Å²) < 4.78 is 13.6. The van der Waals surface area contributed by atoms with Gasteiger partial charge in [-0.25, -0.2) is 4.39 Å². The van der Waals surface area contributed by atoms with Gasteiger partial charge in [-0.15, -0.1) is 0 Å². The standard InChI is InChI=1S/C18H25FN2O2/c19-14-5-3-4-13(10-14)18(6-1-2-7-18)11-21-17(23)12-8-15(20)16(22)9-12/h3-5,10,12,15-16,22H,1-2,6-9,11,20H2,(H,21,23)/t12-,15+,16+/m0/s1. The Labute approximate surface area is 136 Å². The highest BCUT2D eigenvalue weighted by Gasteiger charge is 2.38. The fraction of sp³-hybridized carbons (Fsp3) is 0.611. The van der Waals surface area contributed by atoms with Gasteiger partial charge in [-0.2, -0.15) is 0 Å². The summed E-state index contributed by atoms with van der Waals surface area (Å²) in [6.07, 6.45) is 4.49. The lowest BCUT2D eigenvalue weighted by Gasteiger charge is -2.30. The Morgan fingerprint density at radius 2 is 2.09 bits per heavy atom. The minimum absolute atomic E-state index is 0.0420. The summed E-state index contributed by atoms with van der Waals surface area (Å²) >= 11 is 0.